The monoisotopic (exact) mass is 376 g/mol. The van der Waals surface area contributed by atoms with Gasteiger partial charge in [-0.3, -0.25) is 0 Å². The Bertz CT molecular complexity index is 580. The predicted molar refractivity (Wildman–Crippen MR) is 81.2 cm³/mol. The Morgan fingerprint density at radius 1 is 0.885 bits per heavy atom. The molecular weight excluding hydrogens is 356 g/mol. The van der Waals surface area contributed by atoms with Gasteiger partial charge in [0.1, 0.15) is 12.0 Å². The van der Waals surface area contributed by atoms with E-state index in [9.17, 15) is 29.4 Å². The number of carbonyl (C=O) groups excluding carboxylic acids is 4. The zero-order valence-electron chi connectivity index (χ0n) is 14.2. The molecule has 0 aliphatic heterocycles. The van der Waals surface area contributed by atoms with Gasteiger partial charge in [0.05, 0.1) is 19.1 Å². The van der Waals surface area contributed by atoms with Crippen molar-refractivity contribution in [3.05, 3.63) is 24.3 Å². The van der Waals surface area contributed by atoms with Gasteiger partial charge in [0.2, 0.25) is 0 Å². The third kappa shape index (κ3) is 7.88. The summed E-state index contributed by atoms with van der Waals surface area (Å²) in [4.78, 5) is 62.4. The van der Waals surface area contributed by atoms with Crippen LogP contribution in [-0.4, -0.2) is 58.0 Å². The van der Waals surface area contributed by atoms with E-state index in [0.717, 1.165) is 0 Å². The van der Waals surface area contributed by atoms with Crippen LogP contribution < -0.4 is 0 Å². The second-order valence-corrected chi connectivity index (χ2v) is 5.21. The lowest BCUT2D eigenvalue weighted by Gasteiger charge is -2.22. The first-order chi connectivity index (χ1) is 12.0. The van der Waals surface area contributed by atoms with Gasteiger partial charge in [-0.25, -0.2) is 38.7 Å². The SMILES string of the molecule is C=C(C)C(=O)OOC(=O)CC(C(=O)OOC(=O)C(=C)C)C(O)C(O)CO. The molecule has 11 heteroatoms. The van der Waals surface area contributed by atoms with Crippen LogP contribution in [0.25, 0.3) is 0 Å². The molecule has 11 nitrogen and oxygen atoms in total. The Morgan fingerprint density at radius 2 is 1.35 bits per heavy atom. The Morgan fingerprint density at radius 3 is 1.77 bits per heavy atom. The van der Waals surface area contributed by atoms with Gasteiger partial charge < -0.3 is 15.3 Å². The minimum absolute atomic E-state index is 0.0730. The highest BCUT2D eigenvalue weighted by Crippen LogP contribution is 2.17. The van der Waals surface area contributed by atoms with Gasteiger partial charge in [0.25, 0.3) is 0 Å². The van der Waals surface area contributed by atoms with Crippen LogP contribution in [0.4, 0.5) is 0 Å². The molecule has 0 saturated carbocycles. The van der Waals surface area contributed by atoms with Gasteiger partial charge in [-0.05, 0) is 13.8 Å². The van der Waals surface area contributed by atoms with E-state index in [4.69, 9.17) is 5.11 Å². The van der Waals surface area contributed by atoms with Crippen molar-refractivity contribution >= 4 is 23.9 Å². The molecule has 0 rings (SSSR count). The van der Waals surface area contributed by atoms with E-state index in [1.54, 1.807) is 0 Å². The van der Waals surface area contributed by atoms with E-state index in [-0.39, 0.29) is 11.1 Å². The fraction of sp³-hybridized carbons (Fsp3) is 0.467. The molecule has 0 spiro atoms. The Labute approximate surface area is 148 Å². The summed E-state index contributed by atoms with van der Waals surface area (Å²) in [5, 5.41) is 28.1. The molecule has 0 aromatic carbocycles. The number of aliphatic hydroxyl groups is 3. The topological polar surface area (TPSA) is 166 Å². The summed E-state index contributed by atoms with van der Waals surface area (Å²) >= 11 is 0. The molecule has 0 aromatic heterocycles. The Hall–Kier alpha value is -2.76. The smallest absolute Gasteiger partial charge is 0.381 e. The minimum Gasteiger partial charge on any atom is -0.394 e. The molecule has 3 atom stereocenters. The number of hydrogen-bond acceptors (Lipinski definition) is 11. The van der Waals surface area contributed by atoms with Gasteiger partial charge in [-0.1, -0.05) is 13.2 Å². The second kappa shape index (κ2) is 11.0. The van der Waals surface area contributed by atoms with E-state index in [0.29, 0.717) is 0 Å². The van der Waals surface area contributed by atoms with Crippen LogP contribution in [0.1, 0.15) is 20.3 Å². The number of rotatable bonds is 8. The first kappa shape index (κ1) is 23.2. The highest BCUT2D eigenvalue weighted by molar-refractivity contribution is 5.88. The summed E-state index contributed by atoms with van der Waals surface area (Å²) in [5.74, 6) is -6.68. The van der Waals surface area contributed by atoms with Crippen molar-refractivity contribution in [2.24, 2.45) is 5.92 Å². The predicted octanol–water partition coefficient (Wildman–Crippen LogP) is -1.14. The maximum absolute atomic E-state index is 11.9. The lowest BCUT2D eigenvalue weighted by molar-refractivity contribution is -0.266. The highest BCUT2D eigenvalue weighted by atomic mass is 17.2. The van der Waals surface area contributed by atoms with E-state index in [1.807, 2.05) is 0 Å². The zero-order valence-corrected chi connectivity index (χ0v) is 14.2. The van der Waals surface area contributed by atoms with Gasteiger partial charge in [0, 0.05) is 11.1 Å². The fourth-order valence-electron chi connectivity index (χ4n) is 1.30. The van der Waals surface area contributed by atoms with E-state index in [1.165, 1.54) is 13.8 Å². The van der Waals surface area contributed by atoms with Gasteiger partial charge in [-0.2, -0.15) is 0 Å². The van der Waals surface area contributed by atoms with Gasteiger partial charge in [0.15, 0.2) is 0 Å². The quantitative estimate of drug-likeness (QED) is 0.266. The van der Waals surface area contributed by atoms with Crippen LogP contribution in [-0.2, 0) is 38.7 Å². The maximum Gasteiger partial charge on any atom is 0.381 e. The molecule has 0 bridgehead atoms. The Kier molecular flexibility index (Phi) is 9.81. The summed E-state index contributed by atoms with van der Waals surface area (Å²) in [6.07, 6.45) is -4.75. The molecule has 0 aromatic rings. The van der Waals surface area contributed by atoms with Crippen LogP contribution in [0.5, 0.6) is 0 Å². The number of hydrogen-bond donors (Lipinski definition) is 3. The average molecular weight is 376 g/mol. The van der Waals surface area contributed by atoms with Crippen molar-refractivity contribution < 1.29 is 54.0 Å². The average Bonchev–Trinajstić information content (AvgIpc) is 2.59. The third-order valence-electron chi connectivity index (χ3n) is 2.79. The van der Waals surface area contributed by atoms with Crippen molar-refractivity contribution in [2.75, 3.05) is 6.61 Å². The molecule has 146 valence electrons. The third-order valence-corrected chi connectivity index (χ3v) is 2.79. The van der Waals surface area contributed by atoms with Crippen LogP contribution in [0.2, 0.25) is 0 Å². The molecule has 0 saturated heterocycles. The second-order valence-electron chi connectivity index (χ2n) is 5.21. The lowest BCUT2D eigenvalue weighted by Crippen LogP contribution is -2.42. The summed E-state index contributed by atoms with van der Waals surface area (Å²) in [6.45, 7) is 8.09. The maximum atomic E-state index is 11.9. The van der Waals surface area contributed by atoms with Crippen LogP contribution in [0.3, 0.4) is 0 Å². The number of aliphatic hydroxyl groups excluding tert-OH is 3. The molecule has 3 unspecified atom stereocenters. The van der Waals surface area contributed by atoms with Crippen molar-refractivity contribution in [3.8, 4) is 0 Å². The van der Waals surface area contributed by atoms with Crippen molar-refractivity contribution in [1.82, 2.24) is 0 Å². The molecule has 0 aliphatic rings. The van der Waals surface area contributed by atoms with Gasteiger partial charge >= 0.3 is 23.9 Å². The summed E-state index contributed by atoms with van der Waals surface area (Å²) in [6, 6.07) is 0. The Balaban J connectivity index is 4.99. The molecule has 0 amide bonds. The lowest BCUT2D eigenvalue weighted by atomic mass is 9.95. The summed E-state index contributed by atoms with van der Waals surface area (Å²) in [5.41, 5.74) is -0.174. The van der Waals surface area contributed by atoms with Crippen LogP contribution in [0, 0.1) is 5.92 Å². The largest absolute Gasteiger partial charge is 0.394 e. The molecular formula is C15H20O11. The summed E-state index contributed by atoms with van der Waals surface area (Å²) in [7, 11) is 0. The van der Waals surface area contributed by atoms with Crippen molar-refractivity contribution in [2.45, 2.75) is 32.5 Å². The van der Waals surface area contributed by atoms with E-state index < -0.39 is 55.0 Å². The minimum atomic E-state index is -1.99. The highest BCUT2D eigenvalue weighted by Gasteiger charge is 2.37. The molecule has 0 radical (unpaired) electrons. The van der Waals surface area contributed by atoms with Crippen molar-refractivity contribution in [1.29, 1.82) is 0 Å². The molecule has 3 N–H and O–H groups in total. The first-order valence-electron chi connectivity index (χ1n) is 7.13. The van der Waals surface area contributed by atoms with Crippen molar-refractivity contribution in [3.63, 3.8) is 0 Å². The van der Waals surface area contributed by atoms with Crippen LogP contribution >= 0.6 is 0 Å². The van der Waals surface area contributed by atoms with Crippen LogP contribution in [0.15, 0.2) is 24.3 Å². The normalized spacial score (nSPS) is 13.6. The standard InChI is InChI=1S/C15H20O11/c1-7(2)13(20)24-23-11(18)5-9(12(19)10(17)6-16)15(22)26-25-14(21)8(3)4/h9-10,12,16-17,19H,1,3,5-6H2,2,4H3. The molecule has 0 aliphatic carbocycles. The molecule has 26 heavy (non-hydrogen) atoms. The van der Waals surface area contributed by atoms with E-state index >= 15 is 0 Å². The molecule has 0 heterocycles. The molecule has 0 fully saturated rings. The first-order valence-corrected chi connectivity index (χ1v) is 7.13. The number of carbonyl (C=O) groups is 4. The fourth-order valence-corrected chi connectivity index (χ4v) is 1.30. The van der Waals surface area contributed by atoms with E-state index in [2.05, 4.69) is 32.7 Å². The van der Waals surface area contributed by atoms with Gasteiger partial charge in [-0.15, -0.1) is 0 Å². The summed E-state index contributed by atoms with van der Waals surface area (Å²) < 4.78 is 0. The zero-order chi connectivity index (χ0) is 20.4.